The van der Waals surface area contributed by atoms with Gasteiger partial charge in [-0.05, 0) is 36.5 Å². The van der Waals surface area contributed by atoms with Crippen molar-refractivity contribution >= 4 is 11.9 Å². The molecule has 4 bridgehead atoms. The highest BCUT2D eigenvalue weighted by Gasteiger charge is 2.47. The van der Waals surface area contributed by atoms with E-state index in [9.17, 15) is 9.59 Å². The van der Waals surface area contributed by atoms with Gasteiger partial charge in [-0.3, -0.25) is 9.59 Å². The molecular weight excluding hydrogens is 284 g/mol. The molecular formula is C16H22N2O4. The summed E-state index contributed by atoms with van der Waals surface area (Å²) in [6.45, 7) is 0. The van der Waals surface area contributed by atoms with Gasteiger partial charge in [0.1, 0.15) is 0 Å². The van der Waals surface area contributed by atoms with Gasteiger partial charge in [0.05, 0.1) is 11.8 Å². The maximum Gasteiger partial charge on any atom is 0.308 e. The minimum absolute atomic E-state index is 0.150. The summed E-state index contributed by atoms with van der Waals surface area (Å²) in [5, 5.41) is 17.6. The smallest absolute Gasteiger partial charge is 0.308 e. The molecule has 0 aromatic heterocycles. The van der Waals surface area contributed by atoms with Gasteiger partial charge in [0.2, 0.25) is 0 Å². The van der Waals surface area contributed by atoms with Gasteiger partial charge in [-0.15, -0.1) is 0 Å². The molecule has 0 aromatic rings. The van der Waals surface area contributed by atoms with E-state index < -0.39 is 11.9 Å². The lowest BCUT2D eigenvalue weighted by molar-refractivity contribution is -0.144. The van der Waals surface area contributed by atoms with Crippen LogP contribution in [-0.2, 0) is 9.59 Å². The largest absolute Gasteiger partial charge is 0.481 e. The lowest BCUT2D eigenvalue weighted by Gasteiger charge is -2.19. The van der Waals surface area contributed by atoms with Crippen molar-refractivity contribution in [2.45, 2.75) is 24.9 Å². The third-order valence-corrected chi connectivity index (χ3v) is 5.61. The second-order valence-corrected chi connectivity index (χ2v) is 6.78. The first-order valence-electron chi connectivity index (χ1n) is 7.73. The van der Waals surface area contributed by atoms with Crippen molar-refractivity contribution in [3.8, 4) is 0 Å². The second kappa shape index (κ2) is 5.52. The fraction of sp³-hybridized carbons (Fsp3) is 0.625. The van der Waals surface area contributed by atoms with Crippen LogP contribution in [0.15, 0.2) is 24.3 Å². The highest BCUT2D eigenvalue weighted by Crippen LogP contribution is 2.43. The average Bonchev–Trinajstić information content (AvgIpc) is 3.17. The van der Waals surface area contributed by atoms with E-state index in [-0.39, 0.29) is 35.8 Å². The van der Waals surface area contributed by atoms with E-state index >= 15 is 0 Å². The zero-order valence-corrected chi connectivity index (χ0v) is 12.2. The van der Waals surface area contributed by atoms with Crippen molar-refractivity contribution in [2.24, 2.45) is 47.0 Å². The Morgan fingerprint density at radius 3 is 1.23 bits per heavy atom. The van der Waals surface area contributed by atoms with Gasteiger partial charge in [-0.2, -0.15) is 0 Å². The Morgan fingerprint density at radius 1 is 0.727 bits per heavy atom. The summed E-state index contributed by atoms with van der Waals surface area (Å²) in [5.74, 6) is -1.10. The highest BCUT2D eigenvalue weighted by atomic mass is 16.4. The van der Waals surface area contributed by atoms with Crippen LogP contribution in [-0.4, -0.2) is 34.2 Å². The van der Waals surface area contributed by atoms with Gasteiger partial charge in [0.25, 0.3) is 0 Å². The quantitative estimate of drug-likeness (QED) is 0.548. The van der Waals surface area contributed by atoms with Crippen LogP contribution in [0.5, 0.6) is 0 Å². The van der Waals surface area contributed by atoms with Gasteiger partial charge >= 0.3 is 11.9 Å². The van der Waals surface area contributed by atoms with Gasteiger partial charge in [0.15, 0.2) is 0 Å². The summed E-state index contributed by atoms with van der Waals surface area (Å²) < 4.78 is 0. The van der Waals surface area contributed by atoms with E-state index in [1.807, 2.05) is 12.2 Å². The fourth-order valence-corrected chi connectivity index (χ4v) is 4.42. The molecule has 0 aromatic carbocycles. The van der Waals surface area contributed by atoms with E-state index in [1.165, 1.54) is 0 Å². The number of aliphatic carboxylic acids is 2. The molecule has 0 saturated heterocycles. The maximum atomic E-state index is 10.7. The molecule has 2 fully saturated rings. The Bertz CT molecular complexity index is 496. The summed E-state index contributed by atoms with van der Waals surface area (Å²) in [6.07, 6.45) is 9.97. The molecule has 2 saturated carbocycles. The molecule has 0 heterocycles. The van der Waals surface area contributed by atoms with Crippen LogP contribution in [0.1, 0.15) is 12.8 Å². The van der Waals surface area contributed by atoms with Crippen LogP contribution in [0.2, 0.25) is 0 Å². The highest BCUT2D eigenvalue weighted by molar-refractivity contribution is 5.73. The number of nitrogens with two attached hydrogens (primary N) is 2. The van der Waals surface area contributed by atoms with E-state index in [2.05, 4.69) is 12.2 Å². The summed E-state index contributed by atoms with van der Waals surface area (Å²) in [5.41, 5.74) is 11.5. The maximum absolute atomic E-state index is 10.7. The number of carboxylic acids is 2. The Kier molecular flexibility index (Phi) is 3.82. The number of hydrogen-bond donors (Lipinski definition) is 4. The standard InChI is InChI=1S/2C8H11NO2/c2*9-7-5-2-1-4(3-5)6(7)8(10)11/h2*1-2,4-7H,3,9H2,(H,10,11)/t2*4-,5+,6+,7-/m10/s1. The van der Waals surface area contributed by atoms with Crippen LogP contribution in [0.25, 0.3) is 0 Å². The number of carbonyl (C=O) groups is 2. The number of fused-ring (bicyclic) bond motifs is 4. The van der Waals surface area contributed by atoms with Crippen molar-refractivity contribution in [3.05, 3.63) is 24.3 Å². The summed E-state index contributed by atoms with van der Waals surface area (Å²) >= 11 is 0. The zero-order valence-electron chi connectivity index (χ0n) is 12.2. The molecule has 4 rings (SSSR count). The molecule has 0 amide bonds. The number of hydrogen-bond acceptors (Lipinski definition) is 4. The predicted octanol–water partition coefficient (Wildman–Crippen LogP) is 0.441. The molecule has 6 heteroatoms. The SMILES string of the molecule is N[C@@H]1[C@H](C(=O)O)[C@H]2C=C[C@@H]1C2.N[C@H]1[C@@H](C(=O)O)[C@@H]2C=C[C@H]1C2. The monoisotopic (exact) mass is 306 g/mol. The van der Waals surface area contributed by atoms with Gasteiger partial charge in [-0.1, -0.05) is 24.3 Å². The lowest BCUT2D eigenvalue weighted by atomic mass is 9.90. The molecule has 4 aliphatic carbocycles. The van der Waals surface area contributed by atoms with Crippen molar-refractivity contribution in [2.75, 3.05) is 0 Å². The van der Waals surface area contributed by atoms with E-state index in [0.717, 1.165) is 12.8 Å². The van der Waals surface area contributed by atoms with E-state index in [0.29, 0.717) is 11.8 Å². The minimum Gasteiger partial charge on any atom is -0.481 e. The molecule has 4 aliphatic rings. The number of carboxylic acid groups (broad SMARTS) is 2. The number of rotatable bonds is 2. The van der Waals surface area contributed by atoms with Gasteiger partial charge in [-0.25, -0.2) is 0 Å². The first kappa shape index (κ1) is 15.2. The van der Waals surface area contributed by atoms with Crippen LogP contribution < -0.4 is 11.5 Å². The van der Waals surface area contributed by atoms with Crippen molar-refractivity contribution < 1.29 is 19.8 Å². The minimum atomic E-state index is -0.741. The van der Waals surface area contributed by atoms with Gasteiger partial charge < -0.3 is 21.7 Å². The first-order chi connectivity index (χ1) is 10.4. The van der Waals surface area contributed by atoms with Crippen molar-refractivity contribution in [1.82, 2.24) is 0 Å². The summed E-state index contributed by atoms with van der Waals surface area (Å²) in [4.78, 5) is 21.4. The molecule has 8 atom stereocenters. The average molecular weight is 306 g/mol. The van der Waals surface area contributed by atoms with Crippen LogP contribution in [0, 0.1) is 35.5 Å². The molecule has 0 unspecified atom stereocenters. The Balaban J connectivity index is 0.000000131. The Labute approximate surface area is 128 Å². The summed E-state index contributed by atoms with van der Waals surface area (Å²) in [6, 6.07) is -0.301. The second-order valence-electron chi connectivity index (χ2n) is 6.78. The van der Waals surface area contributed by atoms with Crippen LogP contribution in [0.3, 0.4) is 0 Å². The molecule has 0 aliphatic heterocycles. The normalized spacial score (nSPS) is 46.6. The molecule has 120 valence electrons. The molecule has 0 spiro atoms. The van der Waals surface area contributed by atoms with Crippen LogP contribution in [0.4, 0.5) is 0 Å². The van der Waals surface area contributed by atoms with E-state index in [4.69, 9.17) is 21.7 Å². The van der Waals surface area contributed by atoms with Crippen LogP contribution >= 0.6 is 0 Å². The lowest BCUT2D eigenvalue weighted by Crippen LogP contribution is -2.38. The third kappa shape index (κ3) is 2.36. The molecule has 6 N–H and O–H groups in total. The Hall–Kier alpha value is -1.66. The topological polar surface area (TPSA) is 127 Å². The van der Waals surface area contributed by atoms with Crippen molar-refractivity contribution in [3.63, 3.8) is 0 Å². The van der Waals surface area contributed by atoms with Gasteiger partial charge in [0, 0.05) is 12.1 Å². The number of allylic oxidation sites excluding steroid dienone is 2. The fourth-order valence-electron chi connectivity index (χ4n) is 4.42. The predicted molar refractivity (Wildman–Crippen MR) is 79.7 cm³/mol. The molecule has 22 heavy (non-hydrogen) atoms. The van der Waals surface area contributed by atoms with E-state index in [1.54, 1.807) is 0 Å². The first-order valence-corrected chi connectivity index (χ1v) is 7.73. The summed E-state index contributed by atoms with van der Waals surface area (Å²) in [7, 11) is 0. The molecule has 6 nitrogen and oxygen atoms in total. The van der Waals surface area contributed by atoms with Crippen molar-refractivity contribution in [1.29, 1.82) is 0 Å². The zero-order chi connectivity index (χ0) is 16.0. The molecule has 0 radical (unpaired) electrons. The Morgan fingerprint density at radius 2 is 1.05 bits per heavy atom. The third-order valence-electron chi connectivity index (χ3n) is 5.61.